The topological polar surface area (TPSA) is 257 Å². The zero-order valence-electron chi connectivity index (χ0n) is 37.8. The van der Waals surface area contributed by atoms with Gasteiger partial charge < -0.3 is 52.8 Å². The first-order chi connectivity index (χ1) is 31.3. The van der Waals surface area contributed by atoms with E-state index in [1.54, 1.807) is 36.4 Å². The predicted molar refractivity (Wildman–Crippen MR) is 250 cm³/mol. The highest BCUT2D eigenvalue weighted by Gasteiger charge is 2.36. The van der Waals surface area contributed by atoms with Crippen molar-refractivity contribution in [2.24, 2.45) is 17.2 Å². The molecule has 346 valence electrons. The molecule has 0 saturated carbocycles. The molecule has 0 fully saturated rings. The van der Waals surface area contributed by atoms with Gasteiger partial charge in [-0.25, -0.2) is 0 Å². The van der Waals surface area contributed by atoms with E-state index in [0.29, 0.717) is 39.3 Å². The lowest BCUT2D eigenvalue weighted by Gasteiger charge is -2.32. The zero-order valence-corrected chi connectivity index (χ0v) is 37.8. The van der Waals surface area contributed by atoms with Gasteiger partial charge in [0.25, 0.3) is 5.91 Å². The molecule has 5 rings (SSSR count). The molecule has 1 unspecified atom stereocenters. The zero-order chi connectivity index (χ0) is 47.0. The molecule has 5 amide bonds. The first kappa shape index (κ1) is 49.5. The maximum absolute atomic E-state index is 14.7. The van der Waals surface area contributed by atoms with Crippen molar-refractivity contribution in [3.05, 3.63) is 94.5 Å². The number of rotatable bonds is 19. The predicted octanol–water partition coefficient (Wildman–Crippen LogP) is 3.45. The number of nitrogens with zero attached hydrogens (tertiary/aromatic N) is 2. The van der Waals surface area contributed by atoms with Crippen LogP contribution in [0, 0.1) is 18.3 Å². The number of aryl methyl sites for hydroxylation is 2. The number of nitrogens with one attached hydrogen (secondary N) is 4. The molecule has 0 saturated heterocycles. The molecule has 10 N–H and O–H groups in total. The fraction of sp³-hybridized carbons (Fsp3) is 0.429. The van der Waals surface area contributed by atoms with Gasteiger partial charge in [0, 0.05) is 43.2 Å². The second kappa shape index (κ2) is 23.9. The van der Waals surface area contributed by atoms with Gasteiger partial charge in [0.05, 0.1) is 6.07 Å². The molecule has 1 aliphatic rings. The number of hydrogen-bond donors (Lipinski definition) is 7. The van der Waals surface area contributed by atoms with Crippen LogP contribution in [0.3, 0.4) is 0 Å². The molecule has 1 aliphatic heterocycles. The lowest BCUT2D eigenvalue weighted by molar-refractivity contribution is -0.141. The van der Waals surface area contributed by atoms with Gasteiger partial charge in [-0.2, -0.15) is 5.26 Å². The molecule has 0 aliphatic carbocycles. The molecule has 16 heteroatoms. The second-order valence-electron chi connectivity index (χ2n) is 16.3. The summed E-state index contributed by atoms with van der Waals surface area (Å²) in [6.45, 7) is 5.94. The van der Waals surface area contributed by atoms with E-state index < -0.39 is 53.7 Å². The summed E-state index contributed by atoms with van der Waals surface area (Å²) in [5.74, 6) is -2.30. The highest BCUT2D eigenvalue weighted by molar-refractivity contribution is 6.03. The minimum absolute atomic E-state index is 0.0134. The molecule has 0 spiro atoms. The van der Waals surface area contributed by atoms with Gasteiger partial charge >= 0.3 is 0 Å². The van der Waals surface area contributed by atoms with Gasteiger partial charge in [-0.15, -0.1) is 0 Å². The van der Waals surface area contributed by atoms with Crippen molar-refractivity contribution in [2.45, 2.75) is 89.9 Å². The molecular weight excluding hydrogens is 827 g/mol. The van der Waals surface area contributed by atoms with Crippen LogP contribution in [0.4, 0.5) is 0 Å². The van der Waals surface area contributed by atoms with Gasteiger partial charge in [-0.3, -0.25) is 24.0 Å². The van der Waals surface area contributed by atoms with E-state index in [0.717, 1.165) is 42.0 Å². The summed E-state index contributed by atoms with van der Waals surface area (Å²) in [6, 6.07) is 17.4. The molecule has 65 heavy (non-hydrogen) atoms. The number of nitrogens with two attached hydrogens (primary N) is 3. The van der Waals surface area contributed by atoms with Crippen molar-refractivity contribution < 1.29 is 33.4 Å². The first-order valence-electron chi connectivity index (χ1n) is 22.3. The summed E-state index contributed by atoms with van der Waals surface area (Å²) in [6.07, 6.45) is 5.57. The Hall–Kier alpha value is -6.54. The number of amides is 5. The summed E-state index contributed by atoms with van der Waals surface area (Å²) in [7, 11) is 1.45. The summed E-state index contributed by atoms with van der Waals surface area (Å²) in [5.41, 5.74) is 22.0. The van der Waals surface area contributed by atoms with Gasteiger partial charge in [0.15, 0.2) is 0 Å². The Morgan fingerprint density at radius 2 is 1.57 bits per heavy atom. The molecular formula is C49H63N9O7. The smallest absolute Gasteiger partial charge is 0.252 e. The fourth-order valence-electron chi connectivity index (χ4n) is 7.98. The van der Waals surface area contributed by atoms with Crippen molar-refractivity contribution in [3.8, 4) is 28.7 Å². The van der Waals surface area contributed by atoms with E-state index in [4.69, 9.17) is 26.7 Å². The standard InChI is InChI=1S/C49H63N9O7/c1-5-6-7-8-9-32-10-12-34-24-30(2)37(29-36(34)25-32)46(60)56-40(16-17-50)49(63)58(4)44-35-13-15-43(65-23-20-53)39(28-35)38-26-33(11-14-42(38)64-22-19-52)27-41(47(61)54-21-18-51)57-45(59)31(3)55-48(44)62/h10-15,24-26,28-29,31,40-41,44H,5-9,16-17,19-23,27,50,52-53H2,1-4H3,(H,54,61)(H,55,62)(H,56,60)(H,57,59)/t31-,40?,41-,44-/m0/s1. The van der Waals surface area contributed by atoms with E-state index in [1.165, 1.54) is 30.9 Å². The number of benzene rings is 4. The molecule has 0 aromatic heterocycles. The van der Waals surface area contributed by atoms with Crippen LogP contribution in [0.25, 0.3) is 21.9 Å². The van der Waals surface area contributed by atoms with E-state index in [9.17, 15) is 29.2 Å². The summed E-state index contributed by atoms with van der Waals surface area (Å²) >= 11 is 0. The number of fused-ring (bicyclic) bond motifs is 6. The third-order valence-electron chi connectivity index (χ3n) is 11.4. The Bertz CT molecular complexity index is 2380. The first-order valence-corrected chi connectivity index (χ1v) is 22.3. The van der Waals surface area contributed by atoms with Crippen molar-refractivity contribution in [2.75, 3.05) is 46.4 Å². The highest BCUT2D eigenvalue weighted by Crippen LogP contribution is 2.40. The summed E-state index contributed by atoms with van der Waals surface area (Å²) < 4.78 is 12.2. The molecule has 4 bridgehead atoms. The minimum Gasteiger partial charge on any atom is -0.492 e. The van der Waals surface area contributed by atoms with Gasteiger partial charge in [0.1, 0.15) is 55.4 Å². The van der Waals surface area contributed by atoms with Gasteiger partial charge in [-0.1, -0.05) is 62.6 Å². The quantitative estimate of drug-likeness (QED) is 0.0530. The van der Waals surface area contributed by atoms with Gasteiger partial charge in [0.2, 0.25) is 23.6 Å². The number of carbonyl (C=O) groups is 5. The number of carbonyl (C=O) groups excluding carboxylic acids is 5. The largest absolute Gasteiger partial charge is 0.492 e. The molecule has 0 radical (unpaired) electrons. The van der Waals surface area contributed by atoms with Crippen molar-refractivity contribution in [3.63, 3.8) is 0 Å². The maximum atomic E-state index is 14.7. The van der Waals surface area contributed by atoms with Crippen molar-refractivity contribution >= 4 is 40.3 Å². The Morgan fingerprint density at radius 3 is 2.25 bits per heavy atom. The number of hydrogen-bond acceptors (Lipinski definition) is 11. The Morgan fingerprint density at radius 1 is 0.862 bits per heavy atom. The summed E-state index contributed by atoms with van der Waals surface area (Å²) in [5, 5.41) is 22.0. The van der Waals surface area contributed by atoms with E-state index in [-0.39, 0.29) is 52.2 Å². The molecule has 16 nitrogen and oxygen atoms in total. The Labute approximate surface area is 380 Å². The summed E-state index contributed by atoms with van der Waals surface area (Å²) in [4.78, 5) is 71.8. The van der Waals surface area contributed by atoms with Gasteiger partial charge in [-0.05, 0) is 103 Å². The molecule has 4 atom stereocenters. The fourth-order valence-corrected chi connectivity index (χ4v) is 7.98. The minimum atomic E-state index is -1.37. The third-order valence-corrected chi connectivity index (χ3v) is 11.4. The SMILES string of the molecule is CCCCCCc1ccc2cc(C)c(C(=O)NC(CCN)C(=O)N(C)[C@@H]3C(=O)N[C@@H](C)C(=O)N[C@H](C(=O)NCC#N)Cc4ccc(OCCN)c(c4)-c4cc3ccc4OCCN)cc2c1. The number of nitriles is 1. The average Bonchev–Trinajstić information content (AvgIpc) is 3.29. The Kier molecular flexibility index (Phi) is 18.2. The lowest BCUT2D eigenvalue weighted by Crippen LogP contribution is -2.56. The molecule has 4 aromatic rings. The van der Waals surface area contributed by atoms with Crippen LogP contribution in [-0.2, 0) is 32.0 Å². The number of ether oxygens (including phenoxy) is 2. The van der Waals surface area contributed by atoms with Crippen LogP contribution in [0.1, 0.15) is 84.6 Å². The van der Waals surface area contributed by atoms with E-state index in [1.807, 2.05) is 25.1 Å². The van der Waals surface area contributed by atoms with Crippen LogP contribution in [0.15, 0.2) is 66.7 Å². The van der Waals surface area contributed by atoms with Crippen LogP contribution >= 0.6 is 0 Å². The molecule has 1 heterocycles. The average molecular weight is 890 g/mol. The Balaban J connectivity index is 1.57. The van der Waals surface area contributed by atoms with Crippen LogP contribution in [-0.4, -0.2) is 99.0 Å². The monoisotopic (exact) mass is 889 g/mol. The molecule has 4 aromatic carbocycles. The highest BCUT2D eigenvalue weighted by atomic mass is 16.5. The van der Waals surface area contributed by atoms with E-state index in [2.05, 4.69) is 46.4 Å². The normalized spacial score (nSPS) is 16.6. The van der Waals surface area contributed by atoms with E-state index >= 15 is 0 Å². The second-order valence-corrected chi connectivity index (χ2v) is 16.3. The lowest BCUT2D eigenvalue weighted by atomic mass is 9.93. The maximum Gasteiger partial charge on any atom is 0.252 e. The number of unbranched alkanes of at least 4 members (excludes halogenated alkanes) is 3. The van der Waals surface area contributed by atoms with Crippen molar-refractivity contribution in [1.82, 2.24) is 26.2 Å². The van der Waals surface area contributed by atoms with Crippen LogP contribution in [0.2, 0.25) is 0 Å². The number of likely N-dealkylation sites (N-methyl/N-ethyl adjacent to an activating group) is 1. The van der Waals surface area contributed by atoms with Crippen molar-refractivity contribution in [1.29, 1.82) is 5.26 Å². The van der Waals surface area contributed by atoms with Crippen LogP contribution < -0.4 is 47.9 Å². The third kappa shape index (κ3) is 12.8. The van der Waals surface area contributed by atoms with Crippen LogP contribution in [0.5, 0.6) is 11.5 Å².